The van der Waals surface area contributed by atoms with E-state index in [0.29, 0.717) is 16.2 Å². The Kier molecular flexibility index (Phi) is 3.79. The van der Waals surface area contributed by atoms with Crippen LogP contribution >= 0.6 is 11.8 Å². The van der Waals surface area contributed by atoms with Gasteiger partial charge >= 0.3 is 0 Å². The van der Waals surface area contributed by atoms with Crippen LogP contribution in [0.2, 0.25) is 0 Å². The zero-order chi connectivity index (χ0) is 15.1. The Hall–Kier alpha value is -1.54. The summed E-state index contributed by atoms with van der Waals surface area (Å²) in [6.45, 7) is 3.38. The average molecular weight is 313 g/mol. The van der Waals surface area contributed by atoms with Gasteiger partial charge in [-0.2, -0.15) is 4.99 Å². The molecule has 0 aliphatic carbocycles. The predicted octanol–water partition coefficient (Wildman–Crippen LogP) is 0.677. The molecular formula is C12H15N3O3S2. The standard InChI is InChI=1S/C12H15N3O3S2/c1-6-3-9-10(20(17,18)7(2)5-19-9)4-8(6)11(16)15-12(13)14/h3-4,7H,5H2,1-2H3,(H4,13,14,15,16). The highest BCUT2D eigenvalue weighted by atomic mass is 32.2. The summed E-state index contributed by atoms with van der Waals surface area (Å²) in [4.78, 5) is 16.2. The predicted molar refractivity (Wildman–Crippen MR) is 78.7 cm³/mol. The minimum Gasteiger partial charge on any atom is -0.370 e. The van der Waals surface area contributed by atoms with Gasteiger partial charge < -0.3 is 11.5 Å². The van der Waals surface area contributed by atoms with Crippen LogP contribution in [0.5, 0.6) is 0 Å². The number of carbonyl (C=O) groups is 1. The number of nitrogens with two attached hydrogens (primary N) is 2. The third-order valence-electron chi connectivity index (χ3n) is 3.06. The monoisotopic (exact) mass is 313 g/mol. The quantitative estimate of drug-likeness (QED) is 0.582. The van der Waals surface area contributed by atoms with E-state index in [-0.39, 0.29) is 16.4 Å². The van der Waals surface area contributed by atoms with Crippen LogP contribution in [0.1, 0.15) is 22.8 Å². The second kappa shape index (κ2) is 5.10. The van der Waals surface area contributed by atoms with Crippen molar-refractivity contribution >= 4 is 33.5 Å². The number of amides is 1. The van der Waals surface area contributed by atoms with Crippen molar-refractivity contribution in [3.8, 4) is 0 Å². The van der Waals surface area contributed by atoms with Crippen LogP contribution in [0.15, 0.2) is 26.9 Å². The minimum absolute atomic E-state index is 0.181. The van der Waals surface area contributed by atoms with Gasteiger partial charge in [-0.3, -0.25) is 4.79 Å². The molecule has 108 valence electrons. The summed E-state index contributed by atoms with van der Waals surface area (Å²) in [5.41, 5.74) is 11.2. The first-order chi connectivity index (χ1) is 9.23. The van der Waals surface area contributed by atoms with Gasteiger partial charge in [0.2, 0.25) is 0 Å². The van der Waals surface area contributed by atoms with Gasteiger partial charge in [0.05, 0.1) is 10.1 Å². The Morgan fingerprint density at radius 2 is 2.05 bits per heavy atom. The molecule has 1 aromatic carbocycles. The molecule has 0 bridgehead atoms. The number of guanidine groups is 1. The van der Waals surface area contributed by atoms with E-state index in [9.17, 15) is 13.2 Å². The third-order valence-corrected chi connectivity index (χ3v) is 6.89. The Labute approximate surface area is 121 Å². The molecule has 8 heteroatoms. The minimum atomic E-state index is -3.41. The van der Waals surface area contributed by atoms with E-state index < -0.39 is 21.0 Å². The summed E-state index contributed by atoms with van der Waals surface area (Å²) >= 11 is 1.47. The molecule has 4 N–H and O–H groups in total. The molecule has 0 aromatic heterocycles. The van der Waals surface area contributed by atoms with Crippen molar-refractivity contribution in [2.24, 2.45) is 16.5 Å². The molecule has 1 aliphatic heterocycles. The van der Waals surface area contributed by atoms with Crippen LogP contribution in [0.4, 0.5) is 0 Å². The van der Waals surface area contributed by atoms with Crippen LogP contribution in [0, 0.1) is 6.92 Å². The van der Waals surface area contributed by atoms with Crippen molar-refractivity contribution in [2.45, 2.75) is 28.9 Å². The van der Waals surface area contributed by atoms with Crippen molar-refractivity contribution in [3.05, 3.63) is 23.3 Å². The van der Waals surface area contributed by atoms with E-state index in [1.807, 2.05) is 0 Å². The number of aliphatic imine (C=N–C) groups is 1. The van der Waals surface area contributed by atoms with E-state index in [0.717, 1.165) is 0 Å². The molecular weight excluding hydrogens is 298 g/mol. The second-order valence-corrected chi connectivity index (χ2v) is 8.02. The van der Waals surface area contributed by atoms with E-state index >= 15 is 0 Å². The largest absolute Gasteiger partial charge is 0.370 e. The number of hydrogen-bond donors (Lipinski definition) is 2. The SMILES string of the molecule is Cc1cc2c(cc1C(=O)N=C(N)N)S(=O)(=O)C(C)CS2. The number of thioether (sulfide) groups is 1. The molecule has 1 heterocycles. The number of hydrogen-bond acceptors (Lipinski definition) is 4. The lowest BCUT2D eigenvalue weighted by Gasteiger charge is -2.22. The number of aryl methyl sites for hydroxylation is 1. The smallest absolute Gasteiger partial charge is 0.280 e. The lowest BCUT2D eigenvalue weighted by Crippen LogP contribution is -2.26. The van der Waals surface area contributed by atoms with Gasteiger partial charge in [-0.25, -0.2) is 8.42 Å². The van der Waals surface area contributed by atoms with E-state index in [4.69, 9.17) is 11.5 Å². The van der Waals surface area contributed by atoms with E-state index in [1.165, 1.54) is 17.8 Å². The van der Waals surface area contributed by atoms with E-state index in [2.05, 4.69) is 4.99 Å². The van der Waals surface area contributed by atoms with Crippen LogP contribution in [0.3, 0.4) is 0 Å². The number of fused-ring (bicyclic) bond motifs is 1. The first kappa shape index (κ1) is 14.9. The fourth-order valence-corrected chi connectivity index (χ4v) is 5.29. The van der Waals surface area contributed by atoms with Gasteiger partial charge in [-0.05, 0) is 31.5 Å². The number of benzene rings is 1. The summed E-state index contributed by atoms with van der Waals surface area (Å²) in [5, 5.41) is -0.478. The number of rotatable bonds is 1. The number of nitrogens with zero attached hydrogens (tertiary/aromatic N) is 1. The van der Waals surface area contributed by atoms with Crippen LogP contribution in [-0.2, 0) is 9.84 Å². The van der Waals surface area contributed by atoms with Gasteiger partial charge in [0, 0.05) is 16.2 Å². The molecule has 2 rings (SSSR count). The van der Waals surface area contributed by atoms with Gasteiger partial charge in [0.15, 0.2) is 15.8 Å². The molecule has 6 nitrogen and oxygen atoms in total. The average Bonchev–Trinajstić information content (AvgIpc) is 2.32. The zero-order valence-corrected chi connectivity index (χ0v) is 12.7. The molecule has 0 saturated heterocycles. The van der Waals surface area contributed by atoms with E-state index in [1.54, 1.807) is 19.9 Å². The van der Waals surface area contributed by atoms with Crippen molar-refractivity contribution in [3.63, 3.8) is 0 Å². The lowest BCUT2D eigenvalue weighted by molar-refractivity contribution is 0.100. The summed E-state index contributed by atoms with van der Waals surface area (Å²) in [6, 6.07) is 3.07. The lowest BCUT2D eigenvalue weighted by atomic mass is 10.1. The molecule has 20 heavy (non-hydrogen) atoms. The Balaban J connectivity index is 2.62. The molecule has 0 spiro atoms. The van der Waals surface area contributed by atoms with Gasteiger partial charge in [-0.15, -0.1) is 11.8 Å². The third kappa shape index (κ3) is 2.53. The van der Waals surface area contributed by atoms with Gasteiger partial charge in [0.1, 0.15) is 0 Å². The highest BCUT2D eigenvalue weighted by molar-refractivity contribution is 8.03. The fourth-order valence-electron chi connectivity index (χ4n) is 1.92. The van der Waals surface area contributed by atoms with Crippen molar-refractivity contribution in [1.29, 1.82) is 0 Å². The maximum Gasteiger partial charge on any atom is 0.280 e. The molecule has 0 radical (unpaired) electrons. The highest BCUT2D eigenvalue weighted by Crippen LogP contribution is 2.37. The molecule has 1 amide bonds. The van der Waals surface area contributed by atoms with Crippen molar-refractivity contribution < 1.29 is 13.2 Å². The Morgan fingerprint density at radius 1 is 1.40 bits per heavy atom. The zero-order valence-electron chi connectivity index (χ0n) is 11.1. The summed E-state index contributed by atoms with van der Waals surface area (Å²) < 4.78 is 24.6. The summed E-state index contributed by atoms with van der Waals surface area (Å²) in [6.07, 6.45) is 0. The van der Waals surface area contributed by atoms with Crippen LogP contribution in [-0.4, -0.2) is 31.3 Å². The molecule has 1 aliphatic rings. The van der Waals surface area contributed by atoms with Crippen molar-refractivity contribution in [2.75, 3.05) is 5.75 Å². The number of carbonyl (C=O) groups excluding carboxylic acids is 1. The summed E-state index contributed by atoms with van der Waals surface area (Å²) in [7, 11) is -3.41. The normalized spacial score (nSPS) is 20.0. The molecule has 1 atom stereocenters. The fraction of sp³-hybridized carbons (Fsp3) is 0.333. The maximum absolute atomic E-state index is 12.3. The molecule has 1 aromatic rings. The first-order valence-electron chi connectivity index (χ1n) is 5.88. The Bertz CT molecular complexity index is 707. The molecule has 0 fully saturated rings. The summed E-state index contributed by atoms with van der Waals surface area (Å²) in [5.74, 6) is -0.475. The topological polar surface area (TPSA) is 116 Å². The van der Waals surface area contributed by atoms with Crippen LogP contribution in [0.25, 0.3) is 0 Å². The maximum atomic E-state index is 12.3. The number of sulfone groups is 1. The van der Waals surface area contributed by atoms with Gasteiger partial charge in [-0.1, -0.05) is 0 Å². The first-order valence-corrected chi connectivity index (χ1v) is 8.42. The Morgan fingerprint density at radius 3 is 2.65 bits per heavy atom. The molecule has 0 saturated carbocycles. The van der Waals surface area contributed by atoms with Crippen molar-refractivity contribution in [1.82, 2.24) is 0 Å². The highest BCUT2D eigenvalue weighted by Gasteiger charge is 2.32. The molecule has 1 unspecified atom stereocenters. The van der Waals surface area contributed by atoms with Gasteiger partial charge in [0.25, 0.3) is 5.91 Å². The van der Waals surface area contributed by atoms with Crippen LogP contribution < -0.4 is 11.5 Å². The second-order valence-electron chi connectivity index (χ2n) is 4.62.